The van der Waals surface area contributed by atoms with E-state index in [1.165, 1.54) is 48.4 Å². The van der Waals surface area contributed by atoms with Crippen LogP contribution in [0, 0.1) is 17.4 Å². The fourth-order valence-electron chi connectivity index (χ4n) is 3.28. The number of aryl methyl sites for hydroxylation is 2. The summed E-state index contributed by atoms with van der Waals surface area (Å²) < 4.78 is 10.9. The third-order valence-electron chi connectivity index (χ3n) is 4.98. The number of rotatable bonds is 6. The lowest BCUT2D eigenvalue weighted by Gasteiger charge is -2.23. The molecule has 2 heteroatoms. The Bertz CT molecular complexity index is 743. The van der Waals surface area contributed by atoms with Crippen molar-refractivity contribution in [2.45, 2.75) is 52.1 Å². The number of benzene rings is 2. The van der Waals surface area contributed by atoms with Crippen LogP contribution in [0.15, 0.2) is 42.5 Å². The largest absolute Gasteiger partial charge is 0.376 e. The summed E-state index contributed by atoms with van der Waals surface area (Å²) in [4.78, 5) is 0. The van der Waals surface area contributed by atoms with Crippen molar-refractivity contribution < 1.29 is 9.47 Å². The van der Waals surface area contributed by atoms with Gasteiger partial charge < -0.3 is 9.47 Å². The molecule has 0 aromatic heterocycles. The number of hydrogen-bond donors (Lipinski definition) is 0. The number of ether oxygens (including phenoxy) is 2. The standard InChI is InChI=1S/C12H16.C11H14O2/c1-2-3-4-5-6-10-9-11-7-8-12(10)11;1-9-2-4-10(5-3-9)11-8-12-6-7-13-11/h7-9H,2-6H2,1H3;2-5,11H,6-8H2,1H3. The molecule has 1 atom stereocenters. The molecule has 2 aliphatic carbocycles. The number of unbranched alkanes of at least 4 members (excludes halogenated alkanes) is 3. The first-order valence-corrected chi connectivity index (χ1v) is 9.67. The monoisotopic (exact) mass is 338 g/mol. The van der Waals surface area contributed by atoms with E-state index in [2.05, 4.69) is 56.3 Å². The molecule has 0 radical (unpaired) electrons. The minimum Gasteiger partial charge on any atom is -0.376 e. The third kappa shape index (κ3) is 4.93. The van der Waals surface area contributed by atoms with Gasteiger partial charge in [0.15, 0.2) is 0 Å². The zero-order valence-corrected chi connectivity index (χ0v) is 15.6. The van der Waals surface area contributed by atoms with E-state index in [4.69, 9.17) is 9.47 Å². The van der Waals surface area contributed by atoms with Gasteiger partial charge in [-0.05, 0) is 41.3 Å². The molecule has 0 N–H and O–H groups in total. The van der Waals surface area contributed by atoms with Crippen LogP contribution in [0.5, 0.6) is 0 Å². The van der Waals surface area contributed by atoms with Crippen LogP contribution < -0.4 is 0 Å². The fraction of sp³-hybridized carbons (Fsp3) is 0.478. The lowest BCUT2D eigenvalue weighted by atomic mass is 9.95. The molecule has 1 fully saturated rings. The van der Waals surface area contributed by atoms with Gasteiger partial charge in [-0.15, -0.1) is 0 Å². The van der Waals surface area contributed by atoms with E-state index in [9.17, 15) is 0 Å². The highest BCUT2D eigenvalue weighted by atomic mass is 16.6. The molecule has 4 rings (SSSR count). The molecule has 0 saturated carbocycles. The quantitative estimate of drug-likeness (QED) is 0.553. The van der Waals surface area contributed by atoms with Crippen molar-refractivity contribution in [3.63, 3.8) is 0 Å². The van der Waals surface area contributed by atoms with Gasteiger partial charge in [-0.25, -0.2) is 0 Å². The molecule has 3 aliphatic rings. The smallest absolute Gasteiger partial charge is 0.106 e. The zero-order valence-electron chi connectivity index (χ0n) is 15.6. The molecular formula is C23H30O2. The molecule has 2 nitrogen and oxygen atoms in total. The van der Waals surface area contributed by atoms with E-state index < -0.39 is 0 Å². The van der Waals surface area contributed by atoms with Crippen molar-refractivity contribution in [2.75, 3.05) is 19.8 Å². The van der Waals surface area contributed by atoms with Gasteiger partial charge in [0.1, 0.15) is 6.10 Å². The average molecular weight is 338 g/mol. The molecule has 1 unspecified atom stereocenters. The van der Waals surface area contributed by atoms with E-state index in [0.717, 1.165) is 6.61 Å². The van der Waals surface area contributed by atoms with Gasteiger partial charge in [-0.1, -0.05) is 74.2 Å². The van der Waals surface area contributed by atoms with Gasteiger partial charge in [-0.3, -0.25) is 0 Å². The molecule has 134 valence electrons. The Balaban J connectivity index is 0.000000146. The lowest BCUT2D eigenvalue weighted by Crippen LogP contribution is -2.21. The Morgan fingerprint density at radius 1 is 0.960 bits per heavy atom. The van der Waals surface area contributed by atoms with Crippen LogP contribution in [0.4, 0.5) is 0 Å². The van der Waals surface area contributed by atoms with Crippen LogP contribution in [-0.2, 0) is 15.9 Å². The summed E-state index contributed by atoms with van der Waals surface area (Å²) in [5.41, 5.74) is 4.09. The average Bonchev–Trinajstić information content (AvgIpc) is 2.64. The van der Waals surface area contributed by atoms with Crippen LogP contribution in [-0.4, -0.2) is 19.8 Å². The molecule has 0 amide bonds. The molecular weight excluding hydrogens is 308 g/mol. The van der Waals surface area contributed by atoms with Crippen molar-refractivity contribution in [1.29, 1.82) is 0 Å². The summed E-state index contributed by atoms with van der Waals surface area (Å²) in [6, 6.07) is 15.2. The first kappa shape index (κ1) is 18.2. The molecule has 1 aliphatic heterocycles. The van der Waals surface area contributed by atoms with Crippen molar-refractivity contribution >= 4 is 0 Å². The van der Waals surface area contributed by atoms with E-state index >= 15 is 0 Å². The summed E-state index contributed by atoms with van der Waals surface area (Å²) in [5, 5.41) is 3.03. The topological polar surface area (TPSA) is 18.5 Å². The molecule has 0 spiro atoms. The predicted octanol–water partition coefficient (Wildman–Crippen LogP) is 5.49. The summed E-state index contributed by atoms with van der Waals surface area (Å²) in [5.74, 6) is 0. The van der Waals surface area contributed by atoms with Crippen molar-refractivity contribution in [2.24, 2.45) is 0 Å². The lowest BCUT2D eigenvalue weighted by molar-refractivity contribution is -0.0901. The third-order valence-corrected chi connectivity index (χ3v) is 4.98. The van der Waals surface area contributed by atoms with Gasteiger partial charge in [0.2, 0.25) is 0 Å². The first-order valence-electron chi connectivity index (χ1n) is 9.67. The van der Waals surface area contributed by atoms with E-state index in [-0.39, 0.29) is 6.10 Å². The minimum absolute atomic E-state index is 0.134. The molecule has 1 aromatic carbocycles. The molecule has 1 aromatic rings. The fourth-order valence-corrected chi connectivity index (χ4v) is 3.28. The van der Waals surface area contributed by atoms with Crippen LogP contribution in [0.2, 0.25) is 0 Å². The predicted molar refractivity (Wildman–Crippen MR) is 103 cm³/mol. The van der Waals surface area contributed by atoms with Gasteiger partial charge in [0.25, 0.3) is 0 Å². The normalized spacial score (nSPS) is 17.6. The highest BCUT2D eigenvalue weighted by molar-refractivity contribution is 5.33. The Morgan fingerprint density at radius 3 is 2.36 bits per heavy atom. The van der Waals surface area contributed by atoms with E-state index in [0.29, 0.717) is 13.2 Å². The highest BCUT2D eigenvalue weighted by Crippen LogP contribution is 2.20. The second-order valence-electron chi connectivity index (χ2n) is 7.03. The van der Waals surface area contributed by atoms with Gasteiger partial charge in [-0.2, -0.15) is 0 Å². The summed E-state index contributed by atoms with van der Waals surface area (Å²) in [6.45, 7) is 6.46. The van der Waals surface area contributed by atoms with Crippen molar-refractivity contribution in [1.82, 2.24) is 0 Å². The molecule has 1 heterocycles. The summed E-state index contributed by atoms with van der Waals surface area (Å²) in [6.07, 6.45) is 6.96. The van der Waals surface area contributed by atoms with Gasteiger partial charge in [0, 0.05) is 0 Å². The van der Waals surface area contributed by atoms with Gasteiger partial charge in [0.05, 0.1) is 19.8 Å². The van der Waals surface area contributed by atoms with Crippen LogP contribution in [0.3, 0.4) is 0 Å². The minimum atomic E-state index is 0.134. The van der Waals surface area contributed by atoms with Crippen LogP contribution in [0.1, 0.15) is 55.4 Å². The maximum absolute atomic E-state index is 5.58. The van der Waals surface area contributed by atoms with E-state index in [1.807, 2.05) is 0 Å². The second-order valence-corrected chi connectivity index (χ2v) is 7.03. The van der Waals surface area contributed by atoms with E-state index in [1.54, 1.807) is 10.8 Å². The van der Waals surface area contributed by atoms with Crippen LogP contribution >= 0.6 is 0 Å². The number of hydrogen-bond acceptors (Lipinski definition) is 2. The maximum Gasteiger partial charge on any atom is 0.106 e. The SMILES string of the molecule is CCCCCCc1cc2ccc1=2.Cc1ccc(C2COCCO2)cc1. The first-order chi connectivity index (χ1) is 12.3. The Kier molecular flexibility index (Phi) is 6.66. The Labute approximate surface area is 151 Å². The molecule has 0 bridgehead atoms. The molecule has 1 saturated heterocycles. The van der Waals surface area contributed by atoms with Crippen molar-refractivity contribution in [3.05, 3.63) is 69.6 Å². The van der Waals surface area contributed by atoms with Crippen LogP contribution in [0.25, 0.3) is 0 Å². The zero-order chi connectivity index (χ0) is 17.5. The Hall–Kier alpha value is -1.64. The summed E-state index contributed by atoms with van der Waals surface area (Å²) in [7, 11) is 0. The van der Waals surface area contributed by atoms with Gasteiger partial charge >= 0.3 is 0 Å². The Morgan fingerprint density at radius 2 is 1.80 bits per heavy atom. The molecule has 25 heavy (non-hydrogen) atoms. The second kappa shape index (κ2) is 9.17. The highest BCUT2D eigenvalue weighted by Gasteiger charge is 2.15. The van der Waals surface area contributed by atoms with Crippen molar-refractivity contribution in [3.8, 4) is 0 Å². The summed E-state index contributed by atoms with van der Waals surface area (Å²) >= 11 is 0. The maximum atomic E-state index is 5.58.